The van der Waals surface area contributed by atoms with E-state index in [-0.39, 0.29) is 11.3 Å². The molecule has 18 heavy (non-hydrogen) atoms. The molecule has 0 bridgehead atoms. The summed E-state index contributed by atoms with van der Waals surface area (Å²) >= 11 is 1.15. The number of benzene rings is 1. The van der Waals surface area contributed by atoms with Gasteiger partial charge < -0.3 is 0 Å². The van der Waals surface area contributed by atoms with E-state index in [1.807, 2.05) is 0 Å². The number of ketones is 1. The maximum absolute atomic E-state index is 13.6. The zero-order chi connectivity index (χ0) is 12.7. The molecule has 1 aliphatic carbocycles. The Hall–Kier alpha value is -1.62. The third kappa shape index (κ3) is 1.84. The van der Waals surface area contributed by atoms with E-state index in [2.05, 4.69) is 4.98 Å². The number of hydrogen-bond acceptors (Lipinski definition) is 3. The third-order valence-electron chi connectivity index (χ3n) is 2.93. The van der Waals surface area contributed by atoms with Crippen LogP contribution in [-0.4, -0.2) is 10.8 Å². The average molecular weight is 265 g/mol. The predicted octanol–water partition coefficient (Wildman–Crippen LogP) is 3.61. The molecule has 0 atom stereocenters. The van der Waals surface area contributed by atoms with Crippen LogP contribution in [0, 0.1) is 11.6 Å². The first kappa shape index (κ1) is 11.5. The molecule has 0 aliphatic heterocycles. The summed E-state index contributed by atoms with van der Waals surface area (Å²) in [5, 5.41) is 0.382. The minimum atomic E-state index is -0.519. The summed E-state index contributed by atoms with van der Waals surface area (Å²) in [6.45, 7) is 0. The van der Waals surface area contributed by atoms with Crippen molar-refractivity contribution in [1.29, 1.82) is 0 Å². The van der Waals surface area contributed by atoms with Crippen molar-refractivity contribution in [1.82, 2.24) is 4.98 Å². The molecule has 1 heterocycles. The lowest BCUT2D eigenvalue weighted by atomic mass is 10.0. The molecule has 0 amide bonds. The number of thiazole rings is 1. The maximum atomic E-state index is 13.6. The van der Waals surface area contributed by atoms with Crippen LogP contribution in [0.2, 0.25) is 0 Å². The predicted molar refractivity (Wildman–Crippen MR) is 64.7 cm³/mol. The fourth-order valence-corrected chi connectivity index (χ4v) is 3.14. The molecule has 5 heteroatoms. The fourth-order valence-electron chi connectivity index (χ4n) is 2.05. The monoisotopic (exact) mass is 265 g/mol. The average Bonchev–Trinajstić information content (AvgIpc) is 2.77. The second-order valence-electron chi connectivity index (χ2n) is 4.20. The molecule has 2 nitrogen and oxygen atoms in total. The third-order valence-corrected chi connectivity index (χ3v) is 4.10. The first-order valence-electron chi connectivity index (χ1n) is 5.63. The van der Waals surface area contributed by atoms with Gasteiger partial charge in [0.25, 0.3) is 0 Å². The van der Waals surface area contributed by atoms with Crippen LogP contribution in [0.3, 0.4) is 0 Å². The molecule has 0 N–H and O–H groups in total. The van der Waals surface area contributed by atoms with Crippen LogP contribution >= 0.6 is 11.3 Å². The highest BCUT2D eigenvalue weighted by Crippen LogP contribution is 2.34. The van der Waals surface area contributed by atoms with E-state index in [1.54, 1.807) is 0 Å². The number of hydrogen-bond donors (Lipinski definition) is 0. The minimum Gasteiger partial charge on any atom is -0.293 e. The van der Waals surface area contributed by atoms with Gasteiger partial charge in [-0.1, -0.05) is 0 Å². The fraction of sp³-hybridized carbons (Fsp3) is 0.231. The summed E-state index contributed by atoms with van der Waals surface area (Å²) in [6, 6.07) is 3.26. The van der Waals surface area contributed by atoms with E-state index in [4.69, 9.17) is 0 Å². The number of aromatic nitrogens is 1. The van der Waals surface area contributed by atoms with Gasteiger partial charge in [0, 0.05) is 12.0 Å². The normalized spacial score (nSPS) is 14.7. The smallest absolute Gasteiger partial charge is 0.174 e. The molecular formula is C13H9F2NOS. The Bertz CT molecular complexity index is 636. The number of rotatable bonds is 1. The Balaban J connectivity index is 2.13. The highest BCUT2D eigenvalue weighted by Gasteiger charge is 2.23. The van der Waals surface area contributed by atoms with Gasteiger partial charge in [-0.3, -0.25) is 4.79 Å². The van der Waals surface area contributed by atoms with E-state index in [9.17, 15) is 13.6 Å². The molecule has 1 aliphatic rings. The Labute approximate surface area is 106 Å². The molecule has 0 fully saturated rings. The molecule has 3 rings (SSSR count). The van der Waals surface area contributed by atoms with Gasteiger partial charge in [-0.25, -0.2) is 13.8 Å². The van der Waals surface area contributed by atoms with Crippen molar-refractivity contribution in [3.8, 4) is 10.6 Å². The van der Waals surface area contributed by atoms with E-state index in [1.165, 1.54) is 0 Å². The topological polar surface area (TPSA) is 30.0 Å². The summed E-state index contributed by atoms with van der Waals surface area (Å²) in [5.74, 6) is -0.974. The Morgan fingerprint density at radius 3 is 2.83 bits per heavy atom. The lowest BCUT2D eigenvalue weighted by Gasteiger charge is -2.06. The molecule has 0 spiro atoms. The molecule has 2 aromatic rings. The van der Waals surface area contributed by atoms with Crippen LogP contribution in [0.1, 0.15) is 28.2 Å². The van der Waals surface area contributed by atoms with Crippen LogP contribution in [-0.2, 0) is 6.42 Å². The maximum Gasteiger partial charge on any atom is 0.174 e. The highest BCUT2D eigenvalue weighted by molar-refractivity contribution is 7.17. The number of carbonyl (C=O) groups is 1. The zero-order valence-corrected chi connectivity index (χ0v) is 10.2. The number of halogens is 2. The van der Waals surface area contributed by atoms with Crippen molar-refractivity contribution in [3.05, 3.63) is 40.4 Å². The van der Waals surface area contributed by atoms with Crippen molar-refractivity contribution >= 4 is 17.1 Å². The SMILES string of the molecule is O=C1CCCc2nc(-c3cc(F)ccc3F)sc21. The Morgan fingerprint density at radius 1 is 1.22 bits per heavy atom. The van der Waals surface area contributed by atoms with Gasteiger partial charge >= 0.3 is 0 Å². The molecule has 0 unspecified atom stereocenters. The van der Waals surface area contributed by atoms with E-state index >= 15 is 0 Å². The Morgan fingerprint density at radius 2 is 2.06 bits per heavy atom. The molecule has 92 valence electrons. The summed E-state index contributed by atoms with van der Waals surface area (Å²) in [4.78, 5) is 16.5. The number of aryl methyl sites for hydroxylation is 1. The van der Waals surface area contributed by atoms with Gasteiger partial charge in [0.2, 0.25) is 0 Å². The second kappa shape index (κ2) is 4.24. The van der Waals surface area contributed by atoms with Gasteiger partial charge in [0.15, 0.2) is 5.78 Å². The van der Waals surface area contributed by atoms with E-state index in [0.29, 0.717) is 16.3 Å². The quantitative estimate of drug-likeness (QED) is 0.788. The molecule has 1 aromatic carbocycles. The summed E-state index contributed by atoms with van der Waals surface area (Å²) in [7, 11) is 0. The molecule has 0 saturated heterocycles. The first-order chi connectivity index (χ1) is 8.65. The molecule has 1 aromatic heterocycles. The van der Waals surface area contributed by atoms with Crippen molar-refractivity contribution in [2.24, 2.45) is 0 Å². The number of nitrogens with zero attached hydrogens (tertiary/aromatic N) is 1. The summed E-state index contributed by atoms with van der Waals surface area (Å²) < 4.78 is 26.8. The van der Waals surface area contributed by atoms with Crippen molar-refractivity contribution in [2.45, 2.75) is 19.3 Å². The second-order valence-corrected chi connectivity index (χ2v) is 5.19. The lowest BCUT2D eigenvalue weighted by Crippen LogP contribution is -2.07. The number of Topliss-reactive ketones (excluding diaryl/α,β-unsaturated/α-hetero) is 1. The highest BCUT2D eigenvalue weighted by atomic mass is 32.1. The van der Waals surface area contributed by atoms with Gasteiger partial charge in [-0.2, -0.15) is 0 Å². The van der Waals surface area contributed by atoms with Crippen LogP contribution in [0.5, 0.6) is 0 Å². The number of fused-ring (bicyclic) bond motifs is 1. The molecule has 0 saturated carbocycles. The van der Waals surface area contributed by atoms with Crippen molar-refractivity contribution in [2.75, 3.05) is 0 Å². The van der Waals surface area contributed by atoms with Crippen molar-refractivity contribution in [3.63, 3.8) is 0 Å². The molecular weight excluding hydrogens is 256 g/mol. The molecule has 0 radical (unpaired) electrons. The standard InChI is InChI=1S/C13H9F2NOS/c14-7-4-5-9(15)8(6-7)13-16-10-2-1-3-11(17)12(10)18-13/h4-6H,1-3H2. The lowest BCUT2D eigenvalue weighted by molar-refractivity contribution is 0.0976. The van der Waals surface area contributed by atoms with Crippen LogP contribution in [0.4, 0.5) is 8.78 Å². The van der Waals surface area contributed by atoms with Crippen molar-refractivity contribution < 1.29 is 13.6 Å². The summed E-state index contributed by atoms with van der Waals surface area (Å²) in [6.07, 6.45) is 2.02. The minimum absolute atomic E-state index is 0.0526. The van der Waals surface area contributed by atoms with Gasteiger partial charge in [0.1, 0.15) is 16.6 Å². The number of carbonyl (C=O) groups excluding carboxylic acids is 1. The van der Waals surface area contributed by atoms with Crippen LogP contribution in [0.15, 0.2) is 18.2 Å². The van der Waals surface area contributed by atoms with Crippen LogP contribution in [0.25, 0.3) is 10.6 Å². The Kier molecular flexibility index (Phi) is 2.70. The van der Waals surface area contributed by atoms with Gasteiger partial charge in [-0.05, 0) is 31.0 Å². The zero-order valence-electron chi connectivity index (χ0n) is 9.37. The van der Waals surface area contributed by atoms with Gasteiger partial charge in [0.05, 0.1) is 10.6 Å². The van der Waals surface area contributed by atoms with Gasteiger partial charge in [-0.15, -0.1) is 11.3 Å². The van der Waals surface area contributed by atoms with E-state index < -0.39 is 11.6 Å². The first-order valence-corrected chi connectivity index (χ1v) is 6.45. The van der Waals surface area contributed by atoms with Crippen LogP contribution < -0.4 is 0 Å². The van der Waals surface area contributed by atoms with E-state index in [0.717, 1.165) is 48.1 Å². The summed E-state index contributed by atoms with van der Waals surface area (Å²) in [5.41, 5.74) is 0.845. The largest absolute Gasteiger partial charge is 0.293 e.